The fraction of sp³-hybridized carbons (Fsp3) is 0. The van der Waals surface area contributed by atoms with Crippen LogP contribution >= 0.6 is 34.8 Å². The number of aromatic nitrogens is 3. The van der Waals surface area contributed by atoms with E-state index in [0.717, 1.165) is 0 Å². The van der Waals surface area contributed by atoms with E-state index in [1.54, 1.807) is 30.3 Å². The zero-order valence-corrected chi connectivity index (χ0v) is 11.6. The van der Waals surface area contributed by atoms with E-state index in [9.17, 15) is 5.11 Å². The van der Waals surface area contributed by atoms with E-state index in [4.69, 9.17) is 34.8 Å². The van der Waals surface area contributed by atoms with Crippen molar-refractivity contribution in [2.75, 3.05) is 0 Å². The van der Waals surface area contributed by atoms with Gasteiger partial charge >= 0.3 is 0 Å². The van der Waals surface area contributed by atoms with Gasteiger partial charge in [0.25, 0.3) is 0 Å². The van der Waals surface area contributed by atoms with E-state index < -0.39 is 0 Å². The van der Waals surface area contributed by atoms with Gasteiger partial charge in [0.15, 0.2) is 5.65 Å². The molecule has 0 fully saturated rings. The van der Waals surface area contributed by atoms with Gasteiger partial charge in [0, 0.05) is 5.56 Å². The zero-order valence-electron chi connectivity index (χ0n) is 9.31. The highest BCUT2D eigenvalue weighted by Gasteiger charge is 2.15. The first-order chi connectivity index (χ1) is 9.06. The molecule has 0 bridgehead atoms. The Bertz CT molecular complexity index is 785. The third kappa shape index (κ3) is 2.12. The molecule has 3 rings (SSSR count). The van der Waals surface area contributed by atoms with Crippen LogP contribution < -0.4 is 0 Å². The molecule has 19 heavy (non-hydrogen) atoms. The Morgan fingerprint density at radius 1 is 1.00 bits per heavy atom. The molecule has 0 amide bonds. The zero-order chi connectivity index (χ0) is 13.6. The number of aromatic hydroxyl groups is 1. The highest BCUT2D eigenvalue weighted by Crippen LogP contribution is 2.33. The van der Waals surface area contributed by atoms with Crippen molar-refractivity contribution in [2.24, 2.45) is 0 Å². The molecule has 7 heteroatoms. The number of rotatable bonds is 1. The first kappa shape index (κ1) is 12.5. The summed E-state index contributed by atoms with van der Waals surface area (Å²) in [5.41, 5.74) is 1.50. The fourth-order valence-electron chi connectivity index (χ4n) is 1.74. The second-order valence-corrected chi connectivity index (χ2v) is 5.04. The van der Waals surface area contributed by atoms with Crippen molar-refractivity contribution < 1.29 is 5.11 Å². The molecule has 0 saturated carbocycles. The number of nitrogens with zero attached hydrogens (tertiary/aromatic N) is 3. The van der Waals surface area contributed by atoms with E-state index >= 15 is 0 Å². The lowest BCUT2D eigenvalue weighted by atomic mass is 10.2. The van der Waals surface area contributed by atoms with Crippen molar-refractivity contribution in [3.05, 3.63) is 45.5 Å². The van der Waals surface area contributed by atoms with Crippen LogP contribution in [-0.4, -0.2) is 19.7 Å². The molecule has 0 spiro atoms. The molecule has 0 radical (unpaired) electrons. The van der Waals surface area contributed by atoms with Crippen LogP contribution in [0.1, 0.15) is 0 Å². The molecule has 3 aromatic rings. The third-order valence-electron chi connectivity index (χ3n) is 2.61. The van der Waals surface area contributed by atoms with Crippen LogP contribution in [0.25, 0.3) is 16.9 Å². The van der Waals surface area contributed by atoms with E-state index in [1.807, 2.05) is 0 Å². The lowest BCUT2D eigenvalue weighted by Gasteiger charge is -2.00. The van der Waals surface area contributed by atoms with Crippen molar-refractivity contribution in [3.63, 3.8) is 0 Å². The van der Waals surface area contributed by atoms with Crippen molar-refractivity contribution in [1.82, 2.24) is 14.6 Å². The number of halogens is 3. The van der Waals surface area contributed by atoms with E-state index in [1.165, 1.54) is 4.52 Å². The number of benzene rings is 1. The van der Waals surface area contributed by atoms with Gasteiger partial charge in [-0.3, -0.25) is 0 Å². The number of fused-ring (bicyclic) bond motifs is 1. The molecule has 0 saturated heterocycles. The van der Waals surface area contributed by atoms with Crippen molar-refractivity contribution in [2.45, 2.75) is 0 Å². The summed E-state index contributed by atoms with van der Waals surface area (Å²) in [6.45, 7) is 0. The lowest BCUT2D eigenvalue weighted by Crippen LogP contribution is -1.90. The molecule has 4 nitrogen and oxygen atoms in total. The van der Waals surface area contributed by atoms with E-state index in [0.29, 0.717) is 26.9 Å². The molecular formula is C12H6Cl3N3O. The Morgan fingerprint density at radius 2 is 1.79 bits per heavy atom. The summed E-state index contributed by atoms with van der Waals surface area (Å²) in [6.07, 6.45) is 0. The highest BCUT2D eigenvalue weighted by molar-refractivity contribution is 6.42. The summed E-state index contributed by atoms with van der Waals surface area (Å²) in [5.74, 6) is -0.101. The second-order valence-electron chi connectivity index (χ2n) is 3.84. The first-order valence-corrected chi connectivity index (χ1v) is 6.39. The lowest BCUT2D eigenvalue weighted by molar-refractivity contribution is 0.441. The minimum Gasteiger partial charge on any atom is -0.492 e. The molecule has 0 aliphatic heterocycles. The summed E-state index contributed by atoms with van der Waals surface area (Å²) in [6, 6.07) is 8.26. The molecular weight excluding hydrogens is 309 g/mol. The van der Waals surface area contributed by atoms with Gasteiger partial charge < -0.3 is 5.11 Å². The summed E-state index contributed by atoms with van der Waals surface area (Å²) in [4.78, 5) is 4.28. The van der Waals surface area contributed by atoms with Gasteiger partial charge in [-0.15, -0.1) is 0 Å². The minimum absolute atomic E-state index is 0.101. The largest absolute Gasteiger partial charge is 0.492 e. The fourth-order valence-corrected chi connectivity index (χ4v) is 2.17. The van der Waals surface area contributed by atoms with Crippen LogP contribution in [0.4, 0.5) is 0 Å². The van der Waals surface area contributed by atoms with Crippen LogP contribution in [-0.2, 0) is 0 Å². The second kappa shape index (κ2) is 4.56. The first-order valence-electron chi connectivity index (χ1n) is 5.26. The summed E-state index contributed by atoms with van der Waals surface area (Å²) in [7, 11) is 0. The number of imidazole rings is 1. The molecule has 96 valence electrons. The van der Waals surface area contributed by atoms with Gasteiger partial charge in [-0.25, -0.2) is 4.98 Å². The van der Waals surface area contributed by atoms with Gasteiger partial charge in [0.1, 0.15) is 10.8 Å². The minimum atomic E-state index is -0.101. The van der Waals surface area contributed by atoms with Gasteiger partial charge in [0.05, 0.1) is 10.0 Å². The monoisotopic (exact) mass is 313 g/mol. The molecule has 0 aliphatic rings. The van der Waals surface area contributed by atoms with Crippen molar-refractivity contribution >= 4 is 40.4 Å². The van der Waals surface area contributed by atoms with Crippen LogP contribution in [0.5, 0.6) is 5.88 Å². The Hall–Kier alpha value is -1.49. The Balaban J connectivity index is 2.24. The standard InChI is InChI=1S/C12H6Cl3N3O/c13-7-2-1-6(5-8(7)14)11-12(19)18-10(16-11)4-3-9(15)17-18/h1-5,19H. The Morgan fingerprint density at radius 3 is 2.53 bits per heavy atom. The van der Waals surface area contributed by atoms with Crippen molar-refractivity contribution in [1.29, 1.82) is 0 Å². The SMILES string of the molecule is Oc1c(-c2ccc(Cl)c(Cl)c2)nc2ccc(Cl)nn12. The van der Waals surface area contributed by atoms with Crippen molar-refractivity contribution in [3.8, 4) is 17.1 Å². The number of hydrogen-bond donors (Lipinski definition) is 1. The normalized spacial score (nSPS) is 11.1. The average molecular weight is 315 g/mol. The molecule has 0 atom stereocenters. The van der Waals surface area contributed by atoms with E-state index in [-0.39, 0.29) is 11.0 Å². The Kier molecular flexibility index (Phi) is 3.01. The molecule has 1 aromatic carbocycles. The van der Waals surface area contributed by atoms with E-state index in [2.05, 4.69) is 10.1 Å². The Labute approximate surface area is 123 Å². The average Bonchev–Trinajstić information content (AvgIpc) is 2.70. The van der Waals surface area contributed by atoms with Crippen LogP contribution in [0, 0.1) is 0 Å². The van der Waals surface area contributed by atoms with Crippen LogP contribution in [0.3, 0.4) is 0 Å². The van der Waals surface area contributed by atoms with Gasteiger partial charge in [0.2, 0.25) is 5.88 Å². The maximum atomic E-state index is 10.1. The molecule has 0 unspecified atom stereocenters. The van der Waals surface area contributed by atoms with Gasteiger partial charge in [-0.1, -0.05) is 40.9 Å². The molecule has 0 aliphatic carbocycles. The summed E-state index contributed by atoms with van der Waals surface area (Å²) >= 11 is 17.6. The predicted octanol–water partition coefficient (Wildman–Crippen LogP) is 4.06. The quantitative estimate of drug-likeness (QED) is 0.737. The smallest absolute Gasteiger partial charge is 0.241 e. The summed E-state index contributed by atoms with van der Waals surface area (Å²) in [5, 5.41) is 15.2. The summed E-state index contributed by atoms with van der Waals surface area (Å²) < 4.78 is 1.26. The maximum absolute atomic E-state index is 10.1. The molecule has 2 heterocycles. The van der Waals surface area contributed by atoms with Gasteiger partial charge in [-0.2, -0.15) is 9.61 Å². The molecule has 1 N–H and O–H groups in total. The number of hydrogen-bond acceptors (Lipinski definition) is 3. The highest BCUT2D eigenvalue weighted by atomic mass is 35.5. The van der Waals surface area contributed by atoms with Crippen LogP contribution in [0.15, 0.2) is 30.3 Å². The van der Waals surface area contributed by atoms with Gasteiger partial charge in [-0.05, 0) is 24.3 Å². The maximum Gasteiger partial charge on any atom is 0.241 e. The third-order valence-corrected chi connectivity index (χ3v) is 3.55. The predicted molar refractivity (Wildman–Crippen MR) is 75.1 cm³/mol. The topological polar surface area (TPSA) is 50.4 Å². The van der Waals surface area contributed by atoms with Crippen LogP contribution in [0.2, 0.25) is 15.2 Å². The molecule has 2 aromatic heterocycles.